The molecule has 1 atom stereocenters. The molecule has 1 aromatic rings. The van der Waals surface area contributed by atoms with Crippen molar-refractivity contribution in [3.8, 4) is 0 Å². The highest BCUT2D eigenvalue weighted by Crippen LogP contribution is 2.23. The second-order valence-corrected chi connectivity index (χ2v) is 4.61. The van der Waals surface area contributed by atoms with Crippen LogP contribution in [0.3, 0.4) is 0 Å². The molecule has 0 heterocycles. The van der Waals surface area contributed by atoms with Gasteiger partial charge in [-0.25, -0.2) is 4.79 Å². The van der Waals surface area contributed by atoms with Gasteiger partial charge in [-0.3, -0.25) is 4.79 Å². The lowest BCUT2D eigenvalue weighted by Crippen LogP contribution is -2.39. The third-order valence-electron chi connectivity index (χ3n) is 2.08. The molecule has 92 valence electrons. The van der Waals surface area contributed by atoms with Gasteiger partial charge in [-0.1, -0.05) is 11.6 Å². The van der Waals surface area contributed by atoms with Crippen molar-refractivity contribution in [1.29, 1.82) is 0 Å². The standard InChI is InChI=1S/C11H11BrClNO3/c1-6(11(16)17-2)14-10(15)7-3-4-8(12)9(13)5-7/h3-6H,1-2H3,(H,14,15). The van der Waals surface area contributed by atoms with Crippen molar-refractivity contribution < 1.29 is 14.3 Å². The summed E-state index contributed by atoms with van der Waals surface area (Å²) in [6.07, 6.45) is 0. The Morgan fingerprint density at radius 1 is 1.47 bits per heavy atom. The van der Waals surface area contributed by atoms with Crippen molar-refractivity contribution >= 4 is 39.4 Å². The summed E-state index contributed by atoms with van der Waals surface area (Å²) in [6, 6.07) is 4.09. The molecular formula is C11H11BrClNO3. The van der Waals surface area contributed by atoms with Crippen LogP contribution in [0.5, 0.6) is 0 Å². The smallest absolute Gasteiger partial charge is 0.328 e. The van der Waals surface area contributed by atoms with Crippen LogP contribution in [0.2, 0.25) is 5.02 Å². The Labute approximate surface area is 112 Å². The van der Waals surface area contributed by atoms with Gasteiger partial charge in [0.1, 0.15) is 6.04 Å². The molecule has 1 rings (SSSR count). The van der Waals surface area contributed by atoms with Crippen LogP contribution >= 0.6 is 27.5 Å². The topological polar surface area (TPSA) is 55.4 Å². The Kier molecular flexibility index (Phi) is 4.96. The van der Waals surface area contributed by atoms with E-state index in [-0.39, 0.29) is 5.91 Å². The van der Waals surface area contributed by atoms with Crippen LogP contribution in [0.4, 0.5) is 0 Å². The number of methoxy groups -OCH3 is 1. The normalized spacial score (nSPS) is 11.8. The molecule has 0 radical (unpaired) electrons. The zero-order valence-electron chi connectivity index (χ0n) is 9.29. The second kappa shape index (κ2) is 6.02. The maximum Gasteiger partial charge on any atom is 0.328 e. The number of ether oxygens (including phenoxy) is 1. The number of esters is 1. The lowest BCUT2D eigenvalue weighted by atomic mass is 10.2. The molecule has 0 fully saturated rings. The first kappa shape index (κ1) is 14.0. The van der Waals surface area contributed by atoms with E-state index in [4.69, 9.17) is 11.6 Å². The Balaban J connectivity index is 2.76. The highest BCUT2D eigenvalue weighted by Gasteiger charge is 2.17. The molecule has 6 heteroatoms. The van der Waals surface area contributed by atoms with Gasteiger partial charge in [0.25, 0.3) is 5.91 Å². The number of hydrogen-bond donors (Lipinski definition) is 1. The summed E-state index contributed by atoms with van der Waals surface area (Å²) in [5, 5.41) is 2.94. The lowest BCUT2D eigenvalue weighted by molar-refractivity contribution is -0.142. The molecule has 0 aliphatic rings. The summed E-state index contributed by atoms with van der Waals surface area (Å²) in [5.41, 5.74) is 0.383. The minimum absolute atomic E-state index is 0.377. The number of halogens is 2. The van der Waals surface area contributed by atoms with Crippen molar-refractivity contribution in [3.05, 3.63) is 33.3 Å². The third-order valence-corrected chi connectivity index (χ3v) is 3.32. The molecule has 1 amide bonds. The Morgan fingerprint density at radius 2 is 2.12 bits per heavy atom. The number of rotatable bonds is 3. The Morgan fingerprint density at radius 3 is 2.65 bits per heavy atom. The van der Waals surface area contributed by atoms with Gasteiger partial charge in [0, 0.05) is 10.0 Å². The summed E-state index contributed by atoms with van der Waals surface area (Å²) in [6.45, 7) is 1.55. The fourth-order valence-corrected chi connectivity index (χ4v) is 1.58. The van der Waals surface area contributed by atoms with Crippen LogP contribution in [-0.4, -0.2) is 25.0 Å². The predicted molar refractivity (Wildman–Crippen MR) is 68.1 cm³/mol. The Bertz CT molecular complexity index is 450. The van der Waals surface area contributed by atoms with Gasteiger partial charge in [0.05, 0.1) is 12.1 Å². The average Bonchev–Trinajstić information content (AvgIpc) is 2.31. The van der Waals surface area contributed by atoms with E-state index in [1.165, 1.54) is 13.2 Å². The molecule has 0 aromatic heterocycles. The summed E-state index contributed by atoms with van der Waals surface area (Å²) >= 11 is 9.09. The summed E-state index contributed by atoms with van der Waals surface area (Å²) < 4.78 is 5.21. The minimum Gasteiger partial charge on any atom is -0.467 e. The highest BCUT2D eigenvalue weighted by molar-refractivity contribution is 9.10. The minimum atomic E-state index is -0.699. The number of carbonyl (C=O) groups excluding carboxylic acids is 2. The molecule has 1 N–H and O–H groups in total. The van der Waals surface area contributed by atoms with Crippen LogP contribution in [-0.2, 0) is 9.53 Å². The molecule has 0 saturated carbocycles. The molecule has 0 aliphatic heterocycles. The van der Waals surface area contributed by atoms with Crippen LogP contribution < -0.4 is 5.32 Å². The zero-order chi connectivity index (χ0) is 13.0. The van der Waals surface area contributed by atoms with Gasteiger partial charge in [0.15, 0.2) is 0 Å². The van der Waals surface area contributed by atoms with E-state index in [0.29, 0.717) is 15.1 Å². The quantitative estimate of drug-likeness (QED) is 0.870. The van der Waals surface area contributed by atoms with Crippen LogP contribution in [0, 0.1) is 0 Å². The maximum absolute atomic E-state index is 11.7. The zero-order valence-corrected chi connectivity index (χ0v) is 11.6. The first-order valence-corrected chi connectivity index (χ1v) is 5.96. The van der Waals surface area contributed by atoms with Crippen molar-refractivity contribution in [2.24, 2.45) is 0 Å². The molecule has 17 heavy (non-hydrogen) atoms. The average molecular weight is 321 g/mol. The molecular weight excluding hydrogens is 309 g/mol. The van der Waals surface area contributed by atoms with E-state index in [2.05, 4.69) is 26.0 Å². The van der Waals surface area contributed by atoms with Gasteiger partial charge in [-0.15, -0.1) is 0 Å². The molecule has 0 bridgehead atoms. The largest absolute Gasteiger partial charge is 0.467 e. The lowest BCUT2D eigenvalue weighted by Gasteiger charge is -2.11. The summed E-state index contributed by atoms with van der Waals surface area (Å²) in [5.74, 6) is -0.876. The summed E-state index contributed by atoms with van der Waals surface area (Å²) in [7, 11) is 1.27. The van der Waals surface area contributed by atoms with Gasteiger partial charge in [-0.2, -0.15) is 0 Å². The van der Waals surface area contributed by atoms with Crippen LogP contribution in [0.25, 0.3) is 0 Å². The number of amides is 1. The second-order valence-electron chi connectivity index (χ2n) is 3.35. The third kappa shape index (κ3) is 3.71. The van der Waals surface area contributed by atoms with Crippen molar-refractivity contribution in [2.75, 3.05) is 7.11 Å². The SMILES string of the molecule is COC(=O)C(C)NC(=O)c1ccc(Br)c(Cl)c1. The Hall–Kier alpha value is -1.07. The molecule has 1 aromatic carbocycles. The molecule has 0 aliphatic carbocycles. The monoisotopic (exact) mass is 319 g/mol. The predicted octanol–water partition coefficient (Wildman–Crippen LogP) is 2.39. The maximum atomic E-state index is 11.7. The first-order chi connectivity index (χ1) is 7.95. The van der Waals surface area contributed by atoms with E-state index in [1.807, 2.05) is 0 Å². The fraction of sp³-hybridized carbons (Fsp3) is 0.273. The van der Waals surface area contributed by atoms with E-state index < -0.39 is 12.0 Å². The molecule has 0 spiro atoms. The van der Waals surface area contributed by atoms with E-state index in [1.54, 1.807) is 19.1 Å². The van der Waals surface area contributed by atoms with E-state index >= 15 is 0 Å². The molecule has 4 nitrogen and oxygen atoms in total. The van der Waals surface area contributed by atoms with Crippen molar-refractivity contribution in [2.45, 2.75) is 13.0 Å². The number of hydrogen-bond acceptors (Lipinski definition) is 3. The molecule has 1 unspecified atom stereocenters. The molecule has 0 saturated heterocycles. The van der Waals surface area contributed by atoms with Gasteiger partial charge in [0.2, 0.25) is 0 Å². The van der Waals surface area contributed by atoms with E-state index in [9.17, 15) is 9.59 Å². The number of benzene rings is 1. The van der Waals surface area contributed by atoms with Gasteiger partial charge < -0.3 is 10.1 Å². The first-order valence-electron chi connectivity index (χ1n) is 4.79. The fourth-order valence-electron chi connectivity index (χ4n) is 1.15. The van der Waals surface area contributed by atoms with Gasteiger partial charge >= 0.3 is 5.97 Å². The van der Waals surface area contributed by atoms with Crippen molar-refractivity contribution in [1.82, 2.24) is 5.32 Å². The number of carbonyl (C=O) groups is 2. The van der Waals surface area contributed by atoms with Crippen LogP contribution in [0.1, 0.15) is 17.3 Å². The highest BCUT2D eigenvalue weighted by atomic mass is 79.9. The van der Waals surface area contributed by atoms with Crippen LogP contribution in [0.15, 0.2) is 22.7 Å². The number of nitrogens with one attached hydrogen (secondary N) is 1. The van der Waals surface area contributed by atoms with E-state index in [0.717, 1.165) is 0 Å². The van der Waals surface area contributed by atoms with Crippen molar-refractivity contribution in [3.63, 3.8) is 0 Å². The van der Waals surface area contributed by atoms with Gasteiger partial charge in [-0.05, 0) is 41.1 Å². The summed E-state index contributed by atoms with van der Waals surface area (Å²) in [4.78, 5) is 22.9.